The predicted molar refractivity (Wildman–Crippen MR) is 65.6 cm³/mol. The minimum atomic E-state index is -0.412. The molecule has 1 amide bonds. The van der Waals surface area contributed by atoms with Crippen LogP contribution in [0.25, 0.3) is 0 Å². The van der Waals surface area contributed by atoms with Crippen LogP contribution in [0.2, 0.25) is 0 Å². The Bertz CT molecular complexity index is 402. The monoisotopic (exact) mass is 237 g/mol. The van der Waals surface area contributed by atoms with E-state index >= 15 is 0 Å². The lowest BCUT2D eigenvalue weighted by Crippen LogP contribution is -2.46. The van der Waals surface area contributed by atoms with Crippen LogP contribution in [0.5, 0.6) is 0 Å². The number of amides is 1. The van der Waals surface area contributed by atoms with Crippen LogP contribution < -0.4 is 5.73 Å². The molecule has 1 saturated carbocycles. The van der Waals surface area contributed by atoms with Gasteiger partial charge in [-0.2, -0.15) is 0 Å². The second kappa shape index (κ2) is 4.79. The van der Waals surface area contributed by atoms with Gasteiger partial charge in [-0.15, -0.1) is 0 Å². The highest BCUT2D eigenvalue weighted by atomic mass is 16.3. The van der Waals surface area contributed by atoms with Gasteiger partial charge >= 0.3 is 0 Å². The molecule has 0 saturated heterocycles. The molecule has 0 spiro atoms. The van der Waals surface area contributed by atoms with Crippen LogP contribution in [0, 0.1) is 0 Å². The number of carbonyl (C=O) groups is 1. The van der Waals surface area contributed by atoms with E-state index in [4.69, 9.17) is 5.73 Å². The summed E-state index contributed by atoms with van der Waals surface area (Å²) in [6.45, 7) is 0. The van der Waals surface area contributed by atoms with Crippen LogP contribution in [0.15, 0.2) is 12.3 Å². The Balaban J connectivity index is 2.08. The summed E-state index contributed by atoms with van der Waals surface area (Å²) >= 11 is 0. The molecule has 1 heterocycles. The zero-order valence-corrected chi connectivity index (χ0v) is 10.0. The van der Waals surface area contributed by atoms with E-state index in [0.717, 1.165) is 25.7 Å². The number of hydrogen-bond acceptors (Lipinski definition) is 3. The lowest BCUT2D eigenvalue weighted by molar-refractivity contribution is 0.0265. The van der Waals surface area contributed by atoms with E-state index in [1.54, 1.807) is 24.2 Å². The van der Waals surface area contributed by atoms with Gasteiger partial charge in [-0.3, -0.25) is 4.79 Å². The molecule has 1 aromatic heterocycles. The Hall–Kier alpha value is -1.49. The highest BCUT2D eigenvalue weighted by molar-refractivity contribution is 5.93. The quantitative estimate of drug-likeness (QED) is 0.717. The summed E-state index contributed by atoms with van der Waals surface area (Å²) in [6, 6.07) is 1.54. The van der Waals surface area contributed by atoms with Gasteiger partial charge in [0, 0.05) is 18.9 Å². The van der Waals surface area contributed by atoms with E-state index in [0.29, 0.717) is 11.4 Å². The molecule has 0 aliphatic heterocycles. The number of aromatic amines is 1. The fraction of sp³-hybridized carbons (Fsp3) is 0.583. The molecule has 1 fully saturated rings. The lowest BCUT2D eigenvalue weighted by atomic mass is 9.91. The van der Waals surface area contributed by atoms with E-state index in [2.05, 4.69) is 4.98 Å². The maximum absolute atomic E-state index is 12.1. The number of nitrogen functional groups attached to an aromatic ring is 1. The molecule has 1 aromatic rings. The van der Waals surface area contributed by atoms with Crippen molar-refractivity contribution in [3.63, 3.8) is 0 Å². The lowest BCUT2D eigenvalue weighted by Gasteiger charge is -2.34. The van der Waals surface area contributed by atoms with Gasteiger partial charge in [0.25, 0.3) is 5.91 Å². The summed E-state index contributed by atoms with van der Waals surface area (Å²) < 4.78 is 0. The zero-order valence-electron chi connectivity index (χ0n) is 10.0. The van der Waals surface area contributed by atoms with Gasteiger partial charge in [0.1, 0.15) is 5.69 Å². The summed E-state index contributed by atoms with van der Waals surface area (Å²) in [6.07, 6.45) is 4.92. The van der Waals surface area contributed by atoms with Crippen molar-refractivity contribution in [2.24, 2.45) is 0 Å². The number of aliphatic hydroxyl groups is 1. The number of likely N-dealkylation sites (N-methyl/N-ethyl adjacent to an activating group) is 1. The molecule has 17 heavy (non-hydrogen) atoms. The number of nitrogens with zero attached hydrogens (tertiary/aromatic N) is 1. The van der Waals surface area contributed by atoms with Crippen molar-refractivity contribution in [1.82, 2.24) is 9.88 Å². The molecule has 2 atom stereocenters. The van der Waals surface area contributed by atoms with Gasteiger partial charge in [0.05, 0.1) is 12.1 Å². The first-order chi connectivity index (χ1) is 8.09. The molecule has 2 unspecified atom stereocenters. The highest BCUT2D eigenvalue weighted by Gasteiger charge is 2.30. The Morgan fingerprint density at radius 2 is 2.24 bits per heavy atom. The van der Waals surface area contributed by atoms with Crippen LogP contribution in [0.1, 0.15) is 36.2 Å². The Labute approximate surface area is 101 Å². The molecule has 4 N–H and O–H groups in total. The maximum atomic E-state index is 12.1. The second-order valence-corrected chi connectivity index (χ2v) is 4.68. The summed E-state index contributed by atoms with van der Waals surface area (Å²) in [5.74, 6) is -0.118. The Morgan fingerprint density at radius 1 is 1.53 bits per heavy atom. The van der Waals surface area contributed by atoms with Gasteiger partial charge in [-0.1, -0.05) is 12.8 Å². The number of carbonyl (C=O) groups excluding carboxylic acids is 1. The molecule has 5 heteroatoms. The molecule has 0 aromatic carbocycles. The standard InChI is InChI=1S/C12H19N3O2/c1-15(10-4-2-3-5-11(10)16)12(17)9-6-8(13)7-14-9/h6-7,10-11,14,16H,2-5,13H2,1H3. The minimum Gasteiger partial charge on any atom is -0.397 e. The van der Waals surface area contributed by atoms with Crippen molar-refractivity contribution >= 4 is 11.6 Å². The van der Waals surface area contributed by atoms with E-state index in [1.165, 1.54) is 0 Å². The number of anilines is 1. The normalized spacial score (nSPS) is 24.6. The van der Waals surface area contributed by atoms with Crippen molar-refractivity contribution < 1.29 is 9.90 Å². The summed E-state index contributed by atoms with van der Waals surface area (Å²) in [5.41, 5.74) is 6.59. The largest absolute Gasteiger partial charge is 0.397 e. The molecule has 1 aliphatic rings. The van der Waals surface area contributed by atoms with E-state index in [1.807, 2.05) is 0 Å². The third-order valence-electron chi connectivity index (χ3n) is 3.45. The Kier molecular flexibility index (Phi) is 3.38. The van der Waals surface area contributed by atoms with E-state index < -0.39 is 6.10 Å². The van der Waals surface area contributed by atoms with E-state index in [-0.39, 0.29) is 11.9 Å². The first kappa shape index (κ1) is 12.0. The molecule has 1 aliphatic carbocycles. The van der Waals surface area contributed by atoms with Gasteiger partial charge in [0.2, 0.25) is 0 Å². The van der Waals surface area contributed by atoms with Crippen LogP contribution in [0.4, 0.5) is 5.69 Å². The average Bonchev–Trinajstić information content (AvgIpc) is 2.75. The molecule has 5 nitrogen and oxygen atoms in total. The van der Waals surface area contributed by atoms with Crippen LogP contribution in [0.3, 0.4) is 0 Å². The summed E-state index contributed by atoms with van der Waals surface area (Å²) in [7, 11) is 1.73. The molecular formula is C12H19N3O2. The van der Waals surface area contributed by atoms with Gasteiger partial charge in [-0.25, -0.2) is 0 Å². The summed E-state index contributed by atoms with van der Waals surface area (Å²) in [5, 5.41) is 9.91. The number of rotatable bonds is 2. The number of hydrogen-bond donors (Lipinski definition) is 3. The predicted octanol–water partition coefficient (Wildman–Crippen LogP) is 0.972. The topological polar surface area (TPSA) is 82.3 Å². The number of nitrogens with two attached hydrogens (primary N) is 1. The van der Waals surface area contributed by atoms with Crippen molar-refractivity contribution in [3.8, 4) is 0 Å². The minimum absolute atomic E-state index is 0.0826. The van der Waals surface area contributed by atoms with Gasteiger partial charge in [-0.05, 0) is 18.9 Å². The number of H-pyrrole nitrogens is 1. The molecule has 94 valence electrons. The SMILES string of the molecule is CN(C(=O)c1cc(N)c[nH]1)C1CCCCC1O. The van der Waals surface area contributed by atoms with Gasteiger partial charge in [0.15, 0.2) is 0 Å². The fourth-order valence-corrected chi connectivity index (χ4v) is 2.42. The molecular weight excluding hydrogens is 218 g/mol. The number of nitrogens with one attached hydrogen (secondary N) is 1. The van der Waals surface area contributed by atoms with Crippen molar-refractivity contribution in [3.05, 3.63) is 18.0 Å². The molecule has 2 rings (SSSR count). The third-order valence-corrected chi connectivity index (χ3v) is 3.45. The van der Waals surface area contributed by atoms with Crippen molar-refractivity contribution in [2.45, 2.75) is 37.8 Å². The van der Waals surface area contributed by atoms with E-state index in [9.17, 15) is 9.90 Å². The second-order valence-electron chi connectivity index (χ2n) is 4.68. The zero-order chi connectivity index (χ0) is 12.4. The van der Waals surface area contributed by atoms with Crippen LogP contribution in [-0.2, 0) is 0 Å². The Morgan fingerprint density at radius 3 is 2.82 bits per heavy atom. The number of aliphatic hydroxyl groups excluding tert-OH is 1. The van der Waals surface area contributed by atoms with Crippen molar-refractivity contribution in [2.75, 3.05) is 12.8 Å². The molecule has 0 radical (unpaired) electrons. The van der Waals surface area contributed by atoms with Crippen molar-refractivity contribution in [1.29, 1.82) is 0 Å². The third kappa shape index (κ3) is 2.44. The van der Waals surface area contributed by atoms with Gasteiger partial charge < -0.3 is 20.7 Å². The molecule has 0 bridgehead atoms. The highest BCUT2D eigenvalue weighted by Crippen LogP contribution is 2.23. The van der Waals surface area contributed by atoms with Crippen LogP contribution >= 0.6 is 0 Å². The fourth-order valence-electron chi connectivity index (χ4n) is 2.42. The van der Waals surface area contributed by atoms with Crippen LogP contribution in [-0.4, -0.2) is 40.1 Å². The first-order valence-electron chi connectivity index (χ1n) is 5.98. The number of aromatic nitrogens is 1. The maximum Gasteiger partial charge on any atom is 0.270 e. The average molecular weight is 237 g/mol. The first-order valence-corrected chi connectivity index (χ1v) is 5.98. The summed E-state index contributed by atoms with van der Waals surface area (Å²) in [4.78, 5) is 16.6. The smallest absolute Gasteiger partial charge is 0.270 e.